The molecule has 0 saturated heterocycles. The van der Waals surface area contributed by atoms with Crippen LogP contribution in [0.1, 0.15) is 30.1 Å². The number of carbonyl (C=O) groups excluding carboxylic acids is 1. The molecule has 6 heteroatoms. The fourth-order valence-corrected chi connectivity index (χ4v) is 2.25. The van der Waals surface area contributed by atoms with Crippen LogP contribution in [0, 0.1) is 0 Å². The van der Waals surface area contributed by atoms with E-state index in [2.05, 4.69) is 0 Å². The number of benzene rings is 1. The molecule has 92 valence electrons. The van der Waals surface area contributed by atoms with Crippen molar-refractivity contribution in [3.05, 3.63) is 23.8 Å². The van der Waals surface area contributed by atoms with E-state index in [1.54, 1.807) is 12.1 Å². The van der Waals surface area contributed by atoms with E-state index in [9.17, 15) is 14.8 Å². The summed E-state index contributed by atoms with van der Waals surface area (Å²) >= 11 is 1.25. The zero-order valence-corrected chi connectivity index (χ0v) is 12.1. The SMILES string of the molecule is CCCCOC(=O)c1c([AsH2])cccc1B(O)O. The molecule has 0 aliphatic rings. The van der Waals surface area contributed by atoms with Crippen LogP contribution in [-0.2, 0) is 4.74 Å². The first kappa shape index (κ1) is 14.3. The van der Waals surface area contributed by atoms with Gasteiger partial charge in [-0.2, -0.15) is 0 Å². The van der Waals surface area contributed by atoms with Gasteiger partial charge in [-0.25, -0.2) is 0 Å². The molecule has 1 aromatic carbocycles. The number of rotatable bonds is 5. The number of esters is 1. The fraction of sp³-hybridized carbons (Fsp3) is 0.364. The van der Waals surface area contributed by atoms with E-state index < -0.39 is 13.1 Å². The van der Waals surface area contributed by atoms with Gasteiger partial charge in [-0.15, -0.1) is 0 Å². The van der Waals surface area contributed by atoms with Crippen molar-refractivity contribution in [3.63, 3.8) is 0 Å². The molecule has 17 heavy (non-hydrogen) atoms. The average Bonchev–Trinajstić information content (AvgIpc) is 2.28. The Balaban J connectivity index is 2.91. The van der Waals surface area contributed by atoms with Crippen molar-refractivity contribution in [1.29, 1.82) is 0 Å². The normalized spacial score (nSPS) is 10.1. The van der Waals surface area contributed by atoms with E-state index >= 15 is 0 Å². The summed E-state index contributed by atoms with van der Waals surface area (Å²) in [4.78, 5) is 11.8. The molecule has 0 heterocycles. The van der Waals surface area contributed by atoms with Crippen LogP contribution in [0.5, 0.6) is 0 Å². The third-order valence-electron chi connectivity index (χ3n) is 2.34. The van der Waals surface area contributed by atoms with Gasteiger partial charge < -0.3 is 0 Å². The molecule has 0 spiro atoms. The molecule has 1 atom stereocenters. The topological polar surface area (TPSA) is 66.8 Å². The van der Waals surface area contributed by atoms with Crippen LogP contribution in [0.2, 0.25) is 0 Å². The van der Waals surface area contributed by atoms with Crippen molar-refractivity contribution in [2.24, 2.45) is 0 Å². The van der Waals surface area contributed by atoms with Crippen molar-refractivity contribution < 1.29 is 19.6 Å². The van der Waals surface area contributed by atoms with Crippen molar-refractivity contribution in [1.82, 2.24) is 0 Å². The molecule has 0 aliphatic heterocycles. The number of hydrogen-bond donors (Lipinski definition) is 2. The zero-order chi connectivity index (χ0) is 12.8. The van der Waals surface area contributed by atoms with Crippen molar-refractivity contribution in [2.45, 2.75) is 19.8 Å². The summed E-state index contributed by atoms with van der Waals surface area (Å²) in [5.74, 6) is -0.485. The van der Waals surface area contributed by atoms with Gasteiger partial charge >= 0.3 is 109 Å². The van der Waals surface area contributed by atoms with Gasteiger partial charge in [-0.3, -0.25) is 0 Å². The quantitative estimate of drug-likeness (QED) is 0.398. The van der Waals surface area contributed by atoms with E-state index in [0.29, 0.717) is 6.61 Å². The first-order valence-corrected chi connectivity index (χ1v) is 6.70. The minimum absolute atomic E-state index is 0.202. The average molecular weight is 298 g/mol. The van der Waals surface area contributed by atoms with Gasteiger partial charge in [0.2, 0.25) is 0 Å². The Kier molecular flexibility index (Phi) is 5.76. The monoisotopic (exact) mass is 298 g/mol. The Morgan fingerprint density at radius 1 is 1.47 bits per heavy atom. The first-order chi connectivity index (χ1) is 8.07. The molecule has 0 bridgehead atoms. The molecular formula is C11H16AsBO4. The van der Waals surface area contributed by atoms with Gasteiger partial charge in [0, 0.05) is 0 Å². The Morgan fingerprint density at radius 3 is 2.76 bits per heavy atom. The minimum atomic E-state index is -1.65. The molecule has 1 aromatic rings. The van der Waals surface area contributed by atoms with E-state index in [1.807, 2.05) is 6.92 Å². The number of hydrogen-bond acceptors (Lipinski definition) is 4. The summed E-state index contributed by atoms with van der Waals surface area (Å²) < 4.78 is 5.83. The molecule has 0 saturated carbocycles. The first-order valence-electron chi connectivity index (χ1n) is 5.49. The summed E-state index contributed by atoms with van der Waals surface area (Å²) in [5.41, 5.74) is 0.479. The second-order valence-corrected chi connectivity index (χ2v) is 4.98. The molecule has 0 amide bonds. The van der Waals surface area contributed by atoms with Crippen LogP contribution in [0.15, 0.2) is 18.2 Å². The summed E-state index contributed by atoms with van der Waals surface area (Å²) in [5, 5.41) is 18.4. The Bertz CT molecular complexity index is 395. The second-order valence-electron chi connectivity index (χ2n) is 3.67. The Hall–Kier alpha value is -0.767. The van der Waals surface area contributed by atoms with Gasteiger partial charge in [-0.05, 0) is 0 Å². The Labute approximate surface area is 110 Å². The zero-order valence-electron chi connectivity index (χ0n) is 9.72. The molecule has 1 rings (SSSR count). The number of ether oxygens (including phenoxy) is 1. The standard InChI is InChI=1S/C11H16AsBO4/c1-2-3-7-17-11(14)10-8(12)5-4-6-9(10)13(15)16/h4-6,15-16H,2-3,7,12H2,1H3. The molecule has 4 nitrogen and oxygen atoms in total. The van der Waals surface area contributed by atoms with Gasteiger partial charge in [0.15, 0.2) is 0 Å². The van der Waals surface area contributed by atoms with Crippen LogP contribution in [0.25, 0.3) is 0 Å². The van der Waals surface area contributed by atoms with E-state index in [1.165, 1.54) is 22.9 Å². The molecule has 0 fully saturated rings. The van der Waals surface area contributed by atoms with Gasteiger partial charge in [-0.1, -0.05) is 0 Å². The van der Waals surface area contributed by atoms with E-state index in [4.69, 9.17) is 4.74 Å². The molecular weight excluding hydrogens is 282 g/mol. The van der Waals surface area contributed by atoms with E-state index in [-0.39, 0.29) is 11.0 Å². The summed E-state index contributed by atoms with van der Waals surface area (Å²) in [7, 11) is -1.65. The maximum atomic E-state index is 11.8. The third kappa shape index (κ3) is 3.88. The Morgan fingerprint density at radius 2 is 2.18 bits per heavy atom. The van der Waals surface area contributed by atoms with Crippen molar-refractivity contribution in [2.75, 3.05) is 6.61 Å². The number of unbranched alkanes of at least 4 members (excludes halogenated alkanes) is 1. The van der Waals surface area contributed by atoms with Crippen LogP contribution >= 0.6 is 0 Å². The molecule has 0 radical (unpaired) electrons. The second kappa shape index (κ2) is 6.85. The van der Waals surface area contributed by atoms with Crippen LogP contribution in [0.4, 0.5) is 0 Å². The van der Waals surface area contributed by atoms with Crippen LogP contribution < -0.4 is 9.81 Å². The summed E-state index contributed by atoms with van der Waals surface area (Å²) in [6, 6.07) is 4.97. The predicted molar refractivity (Wildman–Crippen MR) is 69.6 cm³/mol. The van der Waals surface area contributed by atoms with Gasteiger partial charge in [0.05, 0.1) is 0 Å². The fourth-order valence-electron chi connectivity index (χ4n) is 1.42. The van der Waals surface area contributed by atoms with E-state index in [0.717, 1.165) is 17.2 Å². The van der Waals surface area contributed by atoms with Crippen LogP contribution in [-0.4, -0.2) is 46.6 Å². The van der Waals surface area contributed by atoms with Gasteiger partial charge in [0.1, 0.15) is 0 Å². The van der Waals surface area contributed by atoms with Crippen molar-refractivity contribution in [3.8, 4) is 0 Å². The third-order valence-corrected chi connectivity index (χ3v) is 3.35. The van der Waals surface area contributed by atoms with Gasteiger partial charge in [0.25, 0.3) is 0 Å². The number of carbonyl (C=O) groups is 1. The maximum absolute atomic E-state index is 11.8. The molecule has 1 unspecified atom stereocenters. The molecule has 0 aromatic heterocycles. The van der Waals surface area contributed by atoms with Crippen LogP contribution in [0.3, 0.4) is 0 Å². The summed E-state index contributed by atoms with van der Waals surface area (Å²) in [6.45, 7) is 2.37. The predicted octanol–water partition coefficient (Wildman–Crippen LogP) is -1.42. The summed E-state index contributed by atoms with van der Waals surface area (Å²) in [6.07, 6.45) is 1.75. The molecule has 2 N–H and O–H groups in total. The van der Waals surface area contributed by atoms with Crippen molar-refractivity contribution >= 4 is 39.8 Å². The molecule has 0 aliphatic carbocycles.